The molecule has 1 aliphatic carbocycles. The summed E-state index contributed by atoms with van der Waals surface area (Å²) in [7, 11) is 0. The topological polar surface area (TPSA) is 16.4 Å². The molecule has 0 aromatic carbocycles. The van der Waals surface area contributed by atoms with Crippen molar-refractivity contribution in [2.45, 2.75) is 32.4 Å². The van der Waals surface area contributed by atoms with Crippen LogP contribution in [0.1, 0.15) is 24.1 Å². The fourth-order valence-corrected chi connectivity index (χ4v) is 2.07. The quantitative estimate of drug-likeness (QED) is 0.805. The zero-order valence-corrected chi connectivity index (χ0v) is 9.03. The van der Waals surface area contributed by atoms with Crippen LogP contribution < -0.4 is 5.32 Å². The lowest BCUT2D eigenvalue weighted by Crippen LogP contribution is -2.17. The van der Waals surface area contributed by atoms with Crippen LogP contribution in [0.2, 0.25) is 0 Å². The highest BCUT2D eigenvalue weighted by atomic mass is 15.0. The largest absolute Gasteiger partial charge is 0.319 e. The number of aromatic nitrogens is 1. The van der Waals surface area contributed by atoms with Crippen molar-refractivity contribution in [3.63, 3.8) is 0 Å². The Morgan fingerprint density at radius 3 is 3.07 bits per heavy atom. The molecule has 1 N–H and O–H groups in total. The molecule has 0 unspecified atom stereocenters. The van der Waals surface area contributed by atoms with Gasteiger partial charge in [-0.15, -0.1) is 0 Å². The van der Waals surface area contributed by atoms with Gasteiger partial charge in [0.1, 0.15) is 0 Å². The minimum atomic E-state index is 0.777. The van der Waals surface area contributed by atoms with E-state index in [2.05, 4.69) is 47.1 Å². The van der Waals surface area contributed by atoms with Crippen molar-refractivity contribution < 1.29 is 0 Å². The van der Waals surface area contributed by atoms with Gasteiger partial charge in [0.25, 0.3) is 0 Å². The molecule has 2 heteroatoms. The van der Waals surface area contributed by atoms with Crippen LogP contribution in [0.15, 0.2) is 30.5 Å². The summed E-state index contributed by atoms with van der Waals surface area (Å²) in [5.41, 5.74) is 4.08. The highest BCUT2D eigenvalue weighted by Gasteiger charge is 2.20. The van der Waals surface area contributed by atoms with Crippen LogP contribution in [0.5, 0.6) is 0 Å². The van der Waals surface area contributed by atoms with E-state index in [-0.39, 0.29) is 0 Å². The Balaban J connectivity index is 1.95. The maximum Gasteiger partial charge on any atom is 0.0456 e. The minimum absolute atomic E-state index is 0.777. The van der Waals surface area contributed by atoms with Gasteiger partial charge in [0.2, 0.25) is 0 Å². The molecule has 1 aliphatic rings. The summed E-state index contributed by atoms with van der Waals surface area (Å²) in [6, 6.07) is 9.37. The van der Waals surface area contributed by atoms with Gasteiger partial charge in [-0.1, -0.05) is 6.07 Å². The Kier molecular flexibility index (Phi) is 2.03. The summed E-state index contributed by atoms with van der Waals surface area (Å²) >= 11 is 0. The van der Waals surface area contributed by atoms with Crippen molar-refractivity contribution in [2.75, 3.05) is 0 Å². The van der Waals surface area contributed by atoms with Crippen LogP contribution in [0, 0.1) is 6.92 Å². The summed E-state index contributed by atoms with van der Waals surface area (Å²) in [4.78, 5) is 0. The lowest BCUT2D eigenvalue weighted by molar-refractivity contribution is 0.668. The average Bonchev–Trinajstić information content (AvgIpc) is 3.00. The first kappa shape index (κ1) is 8.98. The lowest BCUT2D eigenvalue weighted by Gasteiger charge is -2.05. The lowest BCUT2D eigenvalue weighted by atomic mass is 10.2. The van der Waals surface area contributed by atoms with Crippen molar-refractivity contribution in [3.05, 3.63) is 41.7 Å². The highest BCUT2D eigenvalue weighted by molar-refractivity contribution is 5.53. The van der Waals surface area contributed by atoms with E-state index in [1.165, 1.54) is 29.6 Å². The predicted molar refractivity (Wildman–Crippen MR) is 62.0 cm³/mol. The first-order valence-corrected chi connectivity index (χ1v) is 5.63. The molecule has 0 aliphatic heterocycles. The third-order valence-electron chi connectivity index (χ3n) is 3.14. The van der Waals surface area contributed by atoms with Gasteiger partial charge in [-0.3, -0.25) is 0 Å². The maximum atomic E-state index is 3.57. The number of fused-ring (bicyclic) bond motifs is 1. The second-order valence-corrected chi connectivity index (χ2v) is 4.42. The molecule has 15 heavy (non-hydrogen) atoms. The second kappa shape index (κ2) is 3.38. The van der Waals surface area contributed by atoms with Crippen LogP contribution in [0.25, 0.3) is 5.52 Å². The van der Waals surface area contributed by atoms with Crippen LogP contribution in [-0.4, -0.2) is 10.4 Å². The fourth-order valence-electron chi connectivity index (χ4n) is 2.07. The molecule has 1 saturated carbocycles. The van der Waals surface area contributed by atoms with E-state index in [4.69, 9.17) is 0 Å². The standard InChI is InChI=1S/C13H16N2/c1-10-8-12-4-2-3-7-15(12)13(10)9-14-11-5-6-11/h2-4,7-8,11,14H,5-6,9H2,1H3. The van der Waals surface area contributed by atoms with Crippen molar-refractivity contribution in [1.82, 2.24) is 9.72 Å². The molecule has 0 amide bonds. The molecule has 2 aromatic rings. The zero-order chi connectivity index (χ0) is 10.3. The van der Waals surface area contributed by atoms with Crippen molar-refractivity contribution in [1.29, 1.82) is 0 Å². The van der Waals surface area contributed by atoms with E-state index < -0.39 is 0 Å². The first-order valence-electron chi connectivity index (χ1n) is 5.63. The average molecular weight is 200 g/mol. The number of rotatable bonds is 3. The maximum absolute atomic E-state index is 3.57. The van der Waals surface area contributed by atoms with Gasteiger partial charge in [-0.25, -0.2) is 0 Å². The summed E-state index contributed by atoms with van der Waals surface area (Å²) in [6.45, 7) is 3.19. The molecule has 1 fully saturated rings. The molecule has 2 nitrogen and oxygen atoms in total. The van der Waals surface area contributed by atoms with Crippen LogP contribution in [0.3, 0.4) is 0 Å². The number of nitrogens with zero attached hydrogens (tertiary/aromatic N) is 1. The minimum Gasteiger partial charge on any atom is -0.319 e. The van der Waals surface area contributed by atoms with Crippen molar-refractivity contribution in [2.24, 2.45) is 0 Å². The molecule has 0 radical (unpaired) electrons. The van der Waals surface area contributed by atoms with Gasteiger partial charge >= 0.3 is 0 Å². The number of aryl methyl sites for hydroxylation is 1. The van der Waals surface area contributed by atoms with E-state index in [0.717, 1.165) is 12.6 Å². The molecule has 3 rings (SSSR count). The monoisotopic (exact) mass is 200 g/mol. The van der Waals surface area contributed by atoms with E-state index in [1.54, 1.807) is 0 Å². The van der Waals surface area contributed by atoms with Gasteiger partial charge in [-0.05, 0) is 43.5 Å². The third kappa shape index (κ3) is 1.65. The Labute approximate surface area is 89.9 Å². The van der Waals surface area contributed by atoms with Gasteiger partial charge < -0.3 is 9.72 Å². The van der Waals surface area contributed by atoms with E-state index in [0.29, 0.717) is 0 Å². The molecule has 0 spiro atoms. The van der Waals surface area contributed by atoms with Crippen LogP contribution in [-0.2, 0) is 6.54 Å². The first-order chi connectivity index (χ1) is 7.34. The molecule has 2 aromatic heterocycles. The van der Waals surface area contributed by atoms with E-state index in [9.17, 15) is 0 Å². The third-order valence-corrected chi connectivity index (χ3v) is 3.14. The normalized spacial score (nSPS) is 16.1. The van der Waals surface area contributed by atoms with Gasteiger partial charge in [0.05, 0.1) is 0 Å². The van der Waals surface area contributed by atoms with Gasteiger partial charge in [0.15, 0.2) is 0 Å². The molecule has 0 atom stereocenters. The second-order valence-electron chi connectivity index (χ2n) is 4.42. The molecular weight excluding hydrogens is 184 g/mol. The Bertz CT molecular complexity index is 480. The van der Waals surface area contributed by atoms with Gasteiger partial charge in [-0.2, -0.15) is 0 Å². The summed E-state index contributed by atoms with van der Waals surface area (Å²) in [5, 5.41) is 3.57. The smallest absolute Gasteiger partial charge is 0.0456 e. The Morgan fingerprint density at radius 1 is 1.40 bits per heavy atom. The molecule has 0 bridgehead atoms. The number of hydrogen-bond donors (Lipinski definition) is 1. The summed E-state index contributed by atoms with van der Waals surface area (Å²) in [5.74, 6) is 0. The Morgan fingerprint density at radius 2 is 2.27 bits per heavy atom. The van der Waals surface area contributed by atoms with E-state index >= 15 is 0 Å². The predicted octanol–water partition coefficient (Wildman–Crippen LogP) is 2.50. The summed E-state index contributed by atoms with van der Waals surface area (Å²) < 4.78 is 2.28. The highest BCUT2D eigenvalue weighted by Crippen LogP contribution is 2.21. The van der Waals surface area contributed by atoms with Gasteiger partial charge in [0, 0.05) is 30.0 Å². The fraction of sp³-hybridized carbons (Fsp3) is 0.385. The van der Waals surface area contributed by atoms with Crippen molar-refractivity contribution >= 4 is 5.52 Å². The van der Waals surface area contributed by atoms with Crippen LogP contribution in [0.4, 0.5) is 0 Å². The SMILES string of the molecule is Cc1cc2ccccn2c1CNC1CC1. The molecule has 78 valence electrons. The zero-order valence-electron chi connectivity index (χ0n) is 9.03. The number of hydrogen-bond acceptors (Lipinski definition) is 1. The molecular formula is C13H16N2. The number of pyridine rings is 1. The summed E-state index contributed by atoms with van der Waals surface area (Å²) in [6.07, 6.45) is 4.84. The molecule has 0 saturated heterocycles. The molecule has 2 heterocycles. The number of nitrogens with one attached hydrogen (secondary N) is 1. The van der Waals surface area contributed by atoms with Crippen LogP contribution >= 0.6 is 0 Å². The van der Waals surface area contributed by atoms with E-state index in [1.807, 2.05) is 0 Å². The Hall–Kier alpha value is -1.28. The van der Waals surface area contributed by atoms with Crippen molar-refractivity contribution in [3.8, 4) is 0 Å².